The molecule has 5 nitrogen and oxygen atoms in total. The Morgan fingerprint density at radius 3 is 2.05 bits per heavy atom. The summed E-state index contributed by atoms with van der Waals surface area (Å²) in [6, 6.07) is 6.64. The molecule has 0 spiro atoms. The van der Waals surface area contributed by atoms with E-state index in [9.17, 15) is 9.59 Å². The van der Waals surface area contributed by atoms with Crippen LogP contribution >= 0.6 is 0 Å². The lowest BCUT2D eigenvalue weighted by Crippen LogP contribution is -2.30. The van der Waals surface area contributed by atoms with E-state index in [0.29, 0.717) is 24.1 Å². The molecular weight excluding hydrogens is 268 g/mol. The Hall–Kier alpha value is -1.88. The minimum absolute atomic E-state index is 0.0773. The number of aliphatic hydroxyl groups is 1. The zero-order chi connectivity index (χ0) is 15.8. The van der Waals surface area contributed by atoms with Crippen molar-refractivity contribution in [3.05, 3.63) is 35.4 Å². The molecule has 0 aliphatic rings. The predicted octanol–water partition coefficient (Wildman–Crippen LogP) is 1.57. The Balaban J connectivity index is 2.57. The third kappa shape index (κ3) is 5.95. The second-order valence-electron chi connectivity index (χ2n) is 5.53. The van der Waals surface area contributed by atoms with E-state index in [0.717, 1.165) is 0 Å². The van der Waals surface area contributed by atoms with Crippen LogP contribution in [-0.4, -0.2) is 36.1 Å². The monoisotopic (exact) mass is 292 g/mol. The topological polar surface area (TPSA) is 78.4 Å². The van der Waals surface area contributed by atoms with Gasteiger partial charge < -0.3 is 15.7 Å². The van der Waals surface area contributed by atoms with Gasteiger partial charge in [0.25, 0.3) is 11.8 Å². The maximum Gasteiger partial charge on any atom is 0.251 e. The molecule has 0 aromatic heterocycles. The van der Waals surface area contributed by atoms with E-state index in [1.54, 1.807) is 24.3 Å². The Morgan fingerprint density at radius 2 is 1.57 bits per heavy atom. The van der Waals surface area contributed by atoms with Gasteiger partial charge in [0, 0.05) is 30.3 Å². The van der Waals surface area contributed by atoms with Crippen LogP contribution in [0.5, 0.6) is 0 Å². The Bertz CT molecular complexity index is 469. The molecule has 116 valence electrons. The van der Waals surface area contributed by atoms with Crippen LogP contribution in [0, 0.1) is 5.92 Å². The molecule has 0 saturated carbocycles. The third-order valence-corrected chi connectivity index (χ3v) is 3.06. The van der Waals surface area contributed by atoms with Gasteiger partial charge in [0.05, 0.1) is 0 Å². The van der Waals surface area contributed by atoms with E-state index in [1.165, 1.54) is 0 Å². The summed E-state index contributed by atoms with van der Waals surface area (Å²) < 4.78 is 0. The van der Waals surface area contributed by atoms with Gasteiger partial charge in [-0.15, -0.1) is 0 Å². The standard InChI is InChI=1S/C16H24N2O3/c1-11(2)18-16(21)14-6-4-13(5-7-14)15(20)17-10-12(3)8-9-19/h4-7,11-12,19H,8-10H2,1-3H3,(H,17,20)(H,18,21). The largest absolute Gasteiger partial charge is 0.396 e. The third-order valence-electron chi connectivity index (χ3n) is 3.06. The van der Waals surface area contributed by atoms with Crippen LogP contribution in [0.3, 0.4) is 0 Å². The van der Waals surface area contributed by atoms with Crippen LogP contribution in [-0.2, 0) is 0 Å². The zero-order valence-electron chi connectivity index (χ0n) is 12.8. The summed E-state index contributed by atoms with van der Waals surface area (Å²) in [4.78, 5) is 23.7. The highest BCUT2D eigenvalue weighted by Crippen LogP contribution is 2.06. The highest BCUT2D eigenvalue weighted by atomic mass is 16.3. The van der Waals surface area contributed by atoms with Gasteiger partial charge in [-0.05, 0) is 50.5 Å². The van der Waals surface area contributed by atoms with Crippen LogP contribution in [0.2, 0.25) is 0 Å². The molecule has 3 N–H and O–H groups in total. The average Bonchev–Trinajstić information content (AvgIpc) is 2.44. The molecule has 0 fully saturated rings. The lowest BCUT2D eigenvalue weighted by molar-refractivity contribution is 0.0932. The van der Waals surface area contributed by atoms with E-state index in [2.05, 4.69) is 10.6 Å². The molecule has 2 amide bonds. The van der Waals surface area contributed by atoms with E-state index in [-0.39, 0.29) is 30.4 Å². The fourth-order valence-electron chi connectivity index (χ4n) is 1.81. The van der Waals surface area contributed by atoms with Gasteiger partial charge in [-0.1, -0.05) is 6.92 Å². The minimum Gasteiger partial charge on any atom is -0.396 e. The number of hydrogen-bond acceptors (Lipinski definition) is 3. The first-order chi connectivity index (χ1) is 9.93. The molecule has 1 aromatic carbocycles. The van der Waals surface area contributed by atoms with Crippen LogP contribution in [0.15, 0.2) is 24.3 Å². The highest BCUT2D eigenvalue weighted by molar-refractivity contribution is 5.97. The maximum absolute atomic E-state index is 11.9. The number of amides is 2. The summed E-state index contributed by atoms with van der Waals surface area (Å²) >= 11 is 0. The predicted molar refractivity (Wildman–Crippen MR) is 82.2 cm³/mol. The first-order valence-electron chi connectivity index (χ1n) is 7.24. The molecule has 1 unspecified atom stereocenters. The maximum atomic E-state index is 11.9. The van der Waals surface area contributed by atoms with Crippen molar-refractivity contribution >= 4 is 11.8 Å². The first-order valence-corrected chi connectivity index (χ1v) is 7.24. The number of aliphatic hydroxyl groups excluding tert-OH is 1. The molecular formula is C16H24N2O3. The fourth-order valence-corrected chi connectivity index (χ4v) is 1.81. The van der Waals surface area contributed by atoms with Crippen molar-refractivity contribution in [3.63, 3.8) is 0 Å². The van der Waals surface area contributed by atoms with Gasteiger partial charge in [0.15, 0.2) is 0 Å². The average molecular weight is 292 g/mol. The molecule has 5 heteroatoms. The summed E-state index contributed by atoms with van der Waals surface area (Å²) in [5, 5.41) is 14.4. The highest BCUT2D eigenvalue weighted by Gasteiger charge is 2.10. The van der Waals surface area contributed by atoms with Gasteiger partial charge in [-0.25, -0.2) is 0 Å². The molecule has 1 aromatic rings. The van der Waals surface area contributed by atoms with Gasteiger partial charge in [0.2, 0.25) is 0 Å². The van der Waals surface area contributed by atoms with Crippen LogP contribution in [0.4, 0.5) is 0 Å². The summed E-state index contributed by atoms with van der Waals surface area (Å²) in [6.07, 6.45) is 0.661. The number of nitrogens with one attached hydrogen (secondary N) is 2. The van der Waals surface area contributed by atoms with Crippen molar-refractivity contribution in [2.24, 2.45) is 5.92 Å². The Labute approximate surface area is 125 Å². The van der Waals surface area contributed by atoms with E-state index < -0.39 is 0 Å². The van der Waals surface area contributed by atoms with Crippen molar-refractivity contribution in [3.8, 4) is 0 Å². The molecule has 1 atom stereocenters. The van der Waals surface area contributed by atoms with Gasteiger partial charge >= 0.3 is 0 Å². The lowest BCUT2D eigenvalue weighted by Gasteiger charge is -2.11. The molecule has 0 saturated heterocycles. The fraction of sp³-hybridized carbons (Fsp3) is 0.500. The molecule has 0 aliphatic heterocycles. The Kier molecular flexibility index (Phi) is 6.88. The summed E-state index contributed by atoms with van der Waals surface area (Å²) in [7, 11) is 0. The molecule has 21 heavy (non-hydrogen) atoms. The van der Waals surface area contributed by atoms with Crippen molar-refractivity contribution in [1.82, 2.24) is 10.6 Å². The summed E-state index contributed by atoms with van der Waals surface area (Å²) in [5.74, 6) is -0.0841. The molecule has 1 rings (SSSR count). The first kappa shape index (κ1) is 17.2. The van der Waals surface area contributed by atoms with E-state index in [1.807, 2.05) is 20.8 Å². The number of rotatable bonds is 7. The molecule has 0 bridgehead atoms. The molecule has 0 aliphatic carbocycles. The van der Waals surface area contributed by atoms with Gasteiger partial charge in [-0.3, -0.25) is 9.59 Å². The smallest absolute Gasteiger partial charge is 0.251 e. The molecule has 0 heterocycles. The van der Waals surface area contributed by atoms with Gasteiger partial charge in [0.1, 0.15) is 0 Å². The quantitative estimate of drug-likeness (QED) is 0.714. The van der Waals surface area contributed by atoms with Crippen LogP contribution in [0.25, 0.3) is 0 Å². The van der Waals surface area contributed by atoms with E-state index in [4.69, 9.17) is 5.11 Å². The molecule has 0 radical (unpaired) electrons. The van der Waals surface area contributed by atoms with Crippen molar-refractivity contribution in [2.45, 2.75) is 33.2 Å². The summed E-state index contributed by atoms with van der Waals surface area (Å²) in [6.45, 7) is 6.40. The lowest BCUT2D eigenvalue weighted by atomic mass is 10.1. The Morgan fingerprint density at radius 1 is 1.05 bits per heavy atom. The number of carbonyl (C=O) groups excluding carboxylic acids is 2. The summed E-state index contributed by atoms with van der Waals surface area (Å²) in [5.41, 5.74) is 1.06. The second-order valence-corrected chi connectivity index (χ2v) is 5.53. The zero-order valence-corrected chi connectivity index (χ0v) is 12.8. The minimum atomic E-state index is -0.171. The van der Waals surface area contributed by atoms with Crippen molar-refractivity contribution in [2.75, 3.05) is 13.2 Å². The number of hydrogen-bond donors (Lipinski definition) is 3. The normalized spacial score (nSPS) is 12.0. The number of benzene rings is 1. The second kappa shape index (κ2) is 8.42. The van der Waals surface area contributed by atoms with Crippen molar-refractivity contribution in [1.29, 1.82) is 0 Å². The van der Waals surface area contributed by atoms with Crippen LogP contribution < -0.4 is 10.6 Å². The van der Waals surface area contributed by atoms with Crippen LogP contribution in [0.1, 0.15) is 47.9 Å². The van der Waals surface area contributed by atoms with E-state index >= 15 is 0 Å². The van der Waals surface area contributed by atoms with Gasteiger partial charge in [-0.2, -0.15) is 0 Å². The SMILES string of the molecule is CC(CCO)CNC(=O)c1ccc(C(=O)NC(C)C)cc1. The van der Waals surface area contributed by atoms with Crippen molar-refractivity contribution < 1.29 is 14.7 Å². The number of carbonyl (C=O) groups is 2.